The molecule has 1 saturated heterocycles. The molecular weight excluding hydrogens is 228 g/mol. The first-order chi connectivity index (χ1) is 8.09. The first-order valence-electron chi connectivity index (χ1n) is 5.34. The Hall–Kier alpha value is -1.69. The molecule has 0 atom stereocenters. The third-order valence-electron chi connectivity index (χ3n) is 2.70. The number of nitrogens with one attached hydrogen (secondary N) is 1. The molecule has 1 amide bonds. The van der Waals surface area contributed by atoms with E-state index in [0.29, 0.717) is 32.2 Å². The smallest absolute Gasteiger partial charge is 0.259 e. The summed E-state index contributed by atoms with van der Waals surface area (Å²) in [6.07, 6.45) is 0. The fourth-order valence-electron chi connectivity index (χ4n) is 1.85. The number of hydrogen-bond donors (Lipinski definition) is 2. The Morgan fingerprint density at radius 2 is 1.94 bits per heavy atom. The van der Waals surface area contributed by atoms with Gasteiger partial charge in [0.05, 0.1) is 11.3 Å². The normalized spacial score (nSPS) is 16.0. The molecule has 1 aliphatic heterocycles. The lowest BCUT2D eigenvalue weighted by Gasteiger charge is -2.28. The van der Waals surface area contributed by atoms with E-state index in [9.17, 15) is 13.6 Å². The number of piperazine rings is 1. The average molecular weight is 241 g/mol. The molecule has 3 N–H and O–H groups in total. The minimum absolute atomic E-state index is 0.161. The minimum Gasteiger partial charge on any atom is -0.398 e. The van der Waals surface area contributed by atoms with Crippen molar-refractivity contribution >= 4 is 11.6 Å². The Morgan fingerprint density at radius 1 is 1.29 bits per heavy atom. The van der Waals surface area contributed by atoms with Crippen LogP contribution in [-0.4, -0.2) is 37.0 Å². The summed E-state index contributed by atoms with van der Waals surface area (Å²) in [6.45, 7) is 2.31. The van der Waals surface area contributed by atoms with Gasteiger partial charge in [-0.2, -0.15) is 0 Å². The molecule has 1 fully saturated rings. The number of amides is 1. The number of halogens is 2. The highest BCUT2D eigenvalue weighted by Crippen LogP contribution is 2.20. The van der Waals surface area contributed by atoms with Crippen molar-refractivity contribution in [3.8, 4) is 0 Å². The van der Waals surface area contributed by atoms with Gasteiger partial charge in [-0.05, 0) is 6.07 Å². The lowest BCUT2D eigenvalue weighted by atomic mass is 10.1. The largest absolute Gasteiger partial charge is 0.398 e. The van der Waals surface area contributed by atoms with Crippen LogP contribution in [-0.2, 0) is 0 Å². The summed E-state index contributed by atoms with van der Waals surface area (Å²) >= 11 is 0. The van der Waals surface area contributed by atoms with Crippen molar-refractivity contribution in [2.24, 2.45) is 0 Å². The zero-order chi connectivity index (χ0) is 12.4. The Labute approximate surface area is 97.4 Å². The van der Waals surface area contributed by atoms with E-state index in [1.807, 2.05) is 0 Å². The van der Waals surface area contributed by atoms with Crippen molar-refractivity contribution in [1.29, 1.82) is 0 Å². The van der Waals surface area contributed by atoms with Crippen molar-refractivity contribution in [1.82, 2.24) is 10.2 Å². The Balaban J connectivity index is 2.30. The number of nitrogens with zero attached hydrogens (tertiary/aromatic N) is 1. The summed E-state index contributed by atoms with van der Waals surface area (Å²) in [5.41, 5.74) is 5.08. The van der Waals surface area contributed by atoms with Crippen LogP contribution >= 0.6 is 0 Å². The van der Waals surface area contributed by atoms with E-state index in [1.165, 1.54) is 4.90 Å². The summed E-state index contributed by atoms with van der Waals surface area (Å²) in [5.74, 6) is -2.18. The Kier molecular flexibility index (Phi) is 3.23. The van der Waals surface area contributed by atoms with Gasteiger partial charge in [0, 0.05) is 32.2 Å². The molecule has 0 aliphatic carbocycles. The van der Waals surface area contributed by atoms with E-state index in [1.54, 1.807) is 0 Å². The van der Waals surface area contributed by atoms with Crippen LogP contribution in [0.4, 0.5) is 14.5 Å². The number of carbonyl (C=O) groups is 1. The fourth-order valence-corrected chi connectivity index (χ4v) is 1.85. The molecule has 1 aliphatic rings. The minimum atomic E-state index is -0.911. The molecule has 1 heterocycles. The van der Waals surface area contributed by atoms with Crippen molar-refractivity contribution in [2.45, 2.75) is 0 Å². The first-order valence-corrected chi connectivity index (χ1v) is 5.34. The third kappa shape index (κ3) is 2.36. The number of nitrogen functional groups attached to an aromatic ring is 1. The highest BCUT2D eigenvalue weighted by Gasteiger charge is 2.23. The van der Waals surface area contributed by atoms with E-state index in [2.05, 4.69) is 5.32 Å². The molecule has 1 aromatic rings. The van der Waals surface area contributed by atoms with Gasteiger partial charge in [0.15, 0.2) is 0 Å². The van der Waals surface area contributed by atoms with Crippen LogP contribution in [0.15, 0.2) is 12.1 Å². The molecule has 6 heteroatoms. The predicted octanol–water partition coefficient (Wildman–Crippen LogP) is 0.592. The first kappa shape index (κ1) is 11.8. The van der Waals surface area contributed by atoms with E-state index in [0.717, 1.165) is 6.07 Å². The van der Waals surface area contributed by atoms with E-state index >= 15 is 0 Å². The molecular formula is C11H13F2N3O. The number of hydrogen-bond acceptors (Lipinski definition) is 3. The van der Waals surface area contributed by atoms with Crippen LogP contribution in [0.5, 0.6) is 0 Å². The summed E-state index contributed by atoms with van der Waals surface area (Å²) < 4.78 is 26.4. The zero-order valence-corrected chi connectivity index (χ0v) is 9.17. The van der Waals surface area contributed by atoms with Gasteiger partial charge in [0.25, 0.3) is 5.91 Å². The highest BCUT2D eigenvalue weighted by molar-refractivity contribution is 5.99. The van der Waals surface area contributed by atoms with Gasteiger partial charge in [-0.3, -0.25) is 4.79 Å². The monoisotopic (exact) mass is 241 g/mol. The maximum Gasteiger partial charge on any atom is 0.259 e. The van der Waals surface area contributed by atoms with Gasteiger partial charge in [-0.15, -0.1) is 0 Å². The molecule has 0 saturated carbocycles. The number of rotatable bonds is 1. The summed E-state index contributed by atoms with van der Waals surface area (Å²) in [4.78, 5) is 13.5. The topological polar surface area (TPSA) is 58.4 Å². The summed E-state index contributed by atoms with van der Waals surface area (Å²) in [5, 5.41) is 3.08. The molecule has 0 radical (unpaired) electrons. The maximum atomic E-state index is 13.5. The second kappa shape index (κ2) is 4.67. The Bertz CT molecular complexity index is 421. The summed E-state index contributed by atoms with van der Waals surface area (Å²) in [6, 6.07) is 1.63. The third-order valence-corrected chi connectivity index (χ3v) is 2.70. The maximum absolute atomic E-state index is 13.5. The predicted molar refractivity (Wildman–Crippen MR) is 59.5 cm³/mol. The Morgan fingerprint density at radius 3 is 2.53 bits per heavy atom. The van der Waals surface area contributed by atoms with Crippen LogP contribution in [0.1, 0.15) is 10.4 Å². The fraction of sp³-hybridized carbons (Fsp3) is 0.364. The lowest BCUT2D eigenvalue weighted by molar-refractivity contribution is 0.0732. The van der Waals surface area contributed by atoms with Gasteiger partial charge in [-0.1, -0.05) is 0 Å². The molecule has 1 aromatic carbocycles. The quantitative estimate of drug-likeness (QED) is 0.708. The molecule has 92 valence electrons. The van der Waals surface area contributed by atoms with Crippen LogP contribution in [0, 0.1) is 11.6 Å². The van der Waals surface area contributed by atoms with E-state index in [-0.39, 0.29) is 11.3 Å². The van der Waals surface area contributed by atoms with Gasteiger partial charge in [0.2, 0.25) is 0 Å². The molecule has 0 spiro atoms. The van der Waals surface area contributed by atoms with Gasteiger partial charge in [0.1, 0.15) is 11.6 Å². The van der Waals surface area contributed by atoms with Crippen molar-refractivity contribution in [2.75, 3.05) is 31.9 Å². The van der Waals surface area contributed by atoms with Gasteiger partial charge < -0.3 is 16.0 Å². The molecule has 0 aromatic heterocycles. The van der Waals surface area contributed by atoms with Crippen LogP contribution in [0.25, 0.3) is 0 Å². The van der Waals surface area contributed by atoms with E-state index in [4.69, 9.17) is 5.73 Å². The number of nitrogens with two attached hydrogens (primary N) is 1. The number of carbonyl (C=O) groups excluding carboxylic acids is 1. The SMILES string of the molecule is Nc1cc(F)cc(F)c1C(=O)N1CCNCC1. The average Bonchev–Trinajstić information content (AvgIpc) is 2.28. The lowest BCUT2D eigenvalue weighted by Crippen LogP contribution is -2.46. The standard InChI is InChI=1S/C11H13F2N3O/c12-7-5-8(13)10(9(14)6-7)11(17)16-3-1-15-2-4-16/h5-6,15H,1-4,14H2. The zero-order valence-electron chi connectivity index (χ0n) is 9.17. The summed E-state index contributed by atoms with van der Waals surface area (Å²) in [7, 11) is 0. The van der Waals surface area contributed by atoms with Crippen LogP contribution < -0.4 is 11.1 Å². The molecule has 17 heavy (non-hydrogen) atoms. The molecule has 0 bridgehead atoms. The van der Waals surface area contributed by atoms with Gasteiger partial charge >= 0.3 is 0 Å². The van der Waals surface area contributed by atoms with Gasteiger partial charge in [-0.25, -0.2) is 8.78 Å². The van der Waals surface area contributed by atoms with E-state index < -0.39 is 17.5 Å². The molecule has 2 rings (SSSR count). The van der Waals surface area contributed by atoms with Crippen LogP contribution in [0.3, 0.4) is 0 Å². The second-order valence-corrected chi connectivity index (χ2v) is 3.89. The number of benzene rings is 1. The molecule has 0 unspecified atom stereocenters. The van der Waals surface area contributed by atoms with Crippen molar-refractivity contribution in [3.63, 3.8) is 0 Å². The number of anilines is 1. The van der Waals surface area contributed by atoms with Crippen LogP contribution in [0.2, 0.25) is 0 Å². The van der Waals surface area contributed by atoms with Crippen molar-refractivity contribution in [3.05, 3.63) is 29.3 Å². The van der Waals surface area contributed by atoms with Crippen molar-refractivity contribution < 1.29 is 13.6 Å². The highest BCUT2D eigenvalue weighted by atomic mass is 19.1. The second-order valence-electron chi connectivity index (χ2n) is 3.89. The molecule has 4 nitrogen and oxygen atoms in total.